The van der Waals surface area contributed by atoms with Gasteiger partial charge in [0.25, 0.3) is 0 Å². The molecule has 1 aromatic carbocycles. The van der Waals surface area contributed by atoms with Crippen LogP contribution in [-0.4, -0.2) is 5.97 Å². The lowest BCUT2D eigenvalue weighted by molar-refractivity contribution is -0.131. The molecule has 0 unspecified atom stereocenters. The first-order valence-corrected chi connectivity index (χ1v) is 6.91. The van der Waals surface area contributed by atoms with E-state index in [4.69, 9.17) is 20.8 Å². The van der Waals surface area contributed by atoms with Gasteiger partial charge in [-0.2, -0.15) is 0 Å². The Kier molecular flexibility index (Phi) is 3.69. The van der Waals surface area contributed by atoms with E-state index in [1.165, 1.54) is 25.5 Å². The predicted octanol–water partition coefficient (Wildman–Crippen LogP) is 3.99. The third-order valence-corrected chi connectivity index (χ3v) is 3.47. The van der Waals surface area contributed by atoms with E-state index in [2.05, 4.69) is 0 Å². The number of ether oxygens (including phenoxy) is 1. The highest BCUT2D eigenvalue weighted by Crippen LogP contribution is 2.38. The van der Waals surface area contributed by atoms with E-state index in [9.17, 15) is 9.59 Å². The Balaban J connectivity index is 2.33. The number of hydrogen-bond donors (Lipinski definition) is 0. The molecule has 110 valence electrons. The van der Waals surface area contributed by atoms with Crippen LogP contribution < -0.4 is 10.2 Å². The van der Waals surface area contributed by atoms with Crippen LogP contribution in [0.1, 0.15) is 6.92 Å². The monoisotopic (exact) mass is 314 g/mol. The molecule has 1 aliphatic heterocycles. The summed E-state index contributed by atoms with van der Waals surface area (Å²) in [5.74, 6) is -0.129. The van der Waals surface area contributed by atoms with Crippen molar-refractivity contribution in [3.63, 3.8) is 0 Å². The van der Waals surface area contributed by atoms with Crippen molar-refractivity contribution in [2.45, 2.75) is 6.92 Å². The molecule has 22 heavy (non-hydrogen) atoms. The summed E-state index contributed by atoms with van der Waals surface area (Å²) in [6, 6.07) is 9.99. The van der Waals surface area contributed by atoms with E-state index >= 15 is 0 Å². The van der Waals surface area contributed by atoms with Crippen LogP contribution in [-0.2, 0) is 4.79 Å². The second-order valence-electron chi connectivity index (χ2n) is 4.74. The number of carbonyl (C=O) groups is 1. The lowest BCUT2D eigenvalue weighted by Crippen LogP contribution is -2.11. The van der Waals surface area contributed by atoms with Gasteiger partial charge in [0.05, 0.1) is 11.8 Å². The third kappa shape index (κ3) is 2.61. The summed E-state index contributed by atoms with van der Waals surface area (Å²) in [6.07, 6.45) is 2.77. The first kappa shape index (κ1) is 14.4. The second-order valence-corrected chi connectivity index (χ2v) is 5.17. The molecule has 0 saturated carbocycles. The van der Waals surface area contributed by atoms with Crippen molar-refractivity contribution in [3.05, 3.63) is 64.2 Å². The molecule has 0 saturated heterocycles. The third-order valence-electron chi connectivity index (χ3n) is 3.22. The van der Waals surface area contributed by atoms with E-state index < -0.39 is 5.97 Å². The molecule has 0 atom stereocenters. The lowest BCUT2D eigenvalue weighted by Gasteiger charge is -2.15. The number of carbonyl (C=O) groups excluding carboxylic acids is 1. The molecule has 0 radical (unpaired) electrons. The normalized spacial score (nSPS) is 10.6. The molecule has 1 aliphatic carbocycles. The Bertz CT molecular complexity index is 865. The number of esters is 1. The highest BCUT2D eigenvalue weighted by Gasteiger charge is 2.20. The fraction of sp³-hybridized carbons (Fsp3) is 0.0588. The molecule has 5 heteroatoms. The van der Waals surface area contributed by atoms with Crippen LogP contribution in [0.4, 0.5) is 0 Å². The lowest BCUT2D eigenvalue weighted by atomic mass is 9.96. The van der Waals surface area contributed by atoms with Gasteiger partial charge in [-0.1, -0.05) is 23.7 Å². The smallest absolute Gasteiger partial charge is 0.308 e. The summed E-state index contributed by atoms with van der Waals surface area (Å²) in [7, 11) is 0. The van der Waals surface area contributed by atoms with Crippen LogP contribution in [0, 0.1) is 0 Å². The zero-order valence-electron chi connectivity index (χ0n) is 11.6. The Hall–Kier alpha value is -2.59. The zero-order chi connectivity index (χ0) is 15.7. The maximum Gasteiger partial charge on any atom is 0.308 e. The second kappa shape index (κ2) is 5.66. The van der Waals surface area contributed by atoms with Gasteiger partial charge in [-0.05, 0) is 29.8 Å². The van der Waals surface area contributed by atoms with Crippen molar-refractivity contribution in [1.29, 1.82) is 0 Å². The van der Waals surface area contributed by atoms with E-state index in [1.807, 2.05) is 0 Å². The van der Waals surface area contributed by atoms with Crippen molar-refractivity contribution in [3.8, 4) is 28.0 Å². The Morgan fingerprint density at radius 2 is 1.82 bits per heavy atom. The standard InChI is InChI=1S/C17H11ClO4/c1-10(19)22-17-13-6-7-21-9-15(13)16(20)8-14(17)11-2-4-12(18)5-3-11/h2-9H,1H3. The minimum absolute atomic E-state index is 0.208. The van der Waals surface area contributed by atoms with Crippen LogP contribution in [0.25, 0.3) is 22.3 Å². The molecular formula is C17H11ClO4. The van der Waals surface area contributed by atoms with Crippen LogP contribution in [0.5, 0.6) is 5.75 Å². The maximum absolute atomic E-state index is 12.3. The summed E-state index contributed by atoms with van der Waals surface area (Å²) in [5, 5.41) is 0.583. The molecule has 0 bridgehead atoms. The molecule has 2 aliphatic rings. The molecule has 4 nitrogen and oxygen atoms in total. The minimum atomic E-state index is -0.462. The van der Waals surface area contributed by atoms with Crippen LogP contribution in [0.2, 0.25) is 5.02 Å². The van der Waals surface area contributed by atoms with Gasteiger partial charge in [0.15, 0.2) is 5.43 Å². The van der Waals surface area contributed by atoms with Gasteiger partial charge in [0.2, 0.25) is 0 Å². The summed E-state index contributed by atoms with van der Waals surface area (Å²) >= 11 is 5.89. The van der Waals surface area contributed by atoms with Crippen molar-refractivity contribution in [2.75, 3.05) is 0 Å². The average Bonchev–Trinajstić information content (AvgIpc) is 2.51. The molecule has 0 N–H and O–H groups in total. The van der Waals surface area contributed by atoms with Crippen LogP contribution in [0.15, 0.2) is 58.1 Å². The van der Waals surface area contributed by atoms with Gasteiger partial charge in [-0.3, -0.25) is 9.59 Å². The van der Waals surface area contributed by atoms with Crippen molar-refractivity contribution in [2.24, 2.45) is 0 Å². The molecule has 0 fully saturated rings. The maximum atomic E-state index is 12.3. The highest BCUT2D eigenvalue weighted by atomic mass is 35.5. The van der Waals surface area contributed by atoms with Gasteiger partial charge in [-0.25, -0.2) is 0 Å². The Morgan fingerprint density at radius 3 is 2.50 bits per heavy atom. The van der Waals surface area contributed by atoms with Crippen LogP contribution in [0.3, 0.4) is 0 Å². The summed E-state index contributed by atoms with van der Waals surface area (Å²) in [4.78, 5) is 23.7. The number of fused-ring (bicyclic) bond motifs is 1. The van der Waals surface area contributed by atoms with Gasteiger partial charge in [0, 0.05) is 23.1 Å². The summed E-state index contributed by atoms with van der Waals surface area (Å²) in [6.45, 7) is 1.32. The number of rotatable bonds is 2. The summed E-state index contributed by atoms with van der Waals surface area (Å²) in [5.41, 5.74) is 1.95. The fourth-order valence-corrected chi connectivity index (χ4v) is 2.40. The quantitative estimate of drug-likeness (QED) is 0.530. The molecule has 3 rings (SSSR count). The number of halogens is 1. The topological polar surface area (TPSA) is 56.5 Å². The molecule has 0 aromatic heterocycles. The van der Waals surface area contributed by atoms with Gasteiger partial charge in [0.1, 0.15) is 12.0 Å². The van der Waals surface area contributed by atoms with Crippen molar-refractivity contribution >= 4 is 17.6 Å². The van der Waals surface area contributed by atoms with Gasteiger partial charge < -0.3 is 9.15 Å². The predicted molar refractivity (Wildman–Crippen MR) is 83.4 cm³/mol. The fourth-order valence-electron chi connectivity index (χ4n) is 2.27. The minimum Gasteiger partial charge on any atom is -0.472 e. The number of benzene rings is 2. The van der Waals surface area contributed by atoms with Gasteiger partial charge in [-0.15, -0.1) is 0 Å². The number of hydrogen-bond acceptors (Lipinski definition) is 4. The van der Waals surface area contributed by atoms with Crippen molar-refractivity contribution < 1.29 is 13.9 Å². The zero-order valence-corrected chi connectivity index (χ0v) is 12.4. The highest BCUT2D eigenvalue weighted by molar-refractivity contribution is 6.30. The average molecular weight is 315 g/mol. The molecular weight excluding hydrogens is 304 g/mol. The van der Waals surface area contributed by atoms with Crippen molar-refractivity contribution in [1.82, 2.24) is 0 Å². The Labute approximate surface area is 131 Å². The first-order valence-electron chi connectivity index (χ1n) is 6.54. The van der Waals surface area contributed by atoms with E-state index in [-0.39, 0.29) is 5.43 Å². The SMILES string of the molecule is CC(=O)Oc1c(-c2ccc(Cl)cc2)cc(=O)c2coccc1-2. The first-order chi connectivity index (χ1) is 10.6. The van der Waals surface area contributed by atoms with E-state index in [0.29, 0.717) is 27.5 Å². The van der Waals surface area contributed by atoms with E-state index in [0.717, 1.165) is 5.56 Å². The van der Waals surface area contributed by atoms with Gasteiger partial charge >= 0.3 is 5.97 Å². The Morgan fingerprint density at radius 1 is 1.09 bits per heavy atom. The van der Waals surface area contributed by atoms with E-state index in [1.54, 1.807) is 30.3 Å². The summed E-state index contributed by atoms with van der Waals surface area (Å²) < 4.78 is 10.4. The molecule has 1 aromatic rings. The molecule has 0 spiro atoms. The molecule has 1 heterocycles. The largest absolute Gasteiger partial charge is 0.472 e. The van der Waals surface area contributed by atoms with Crippen LogP contribution >= 0.6 is 11.6 Å². The molecule has 0 amide bonds.